The normalized spacial score (nSPS) is 19.3. The first-order chi connectivity index (χ1) is 12.9. The zero-order valence-corrected chi connectivity index (χ0v) is 18.3. The van der Waals surface area contributed by atoms with E-state index >= 15 is 0 Å². The molecular weight excluding hydrogens is 358 g/mol. The van der Waals surface area contributed by atoms with Gasteiger partial charge in [0, 0.05) is 5.70 Å². The van der Waals surface area contributed by atoms with Crippen molar-refractivity contribution in [3.63, 3.8) is 0 Å². The van der Waals surface area contributed by atoms with E-state index in [0.717, 1.165) is 31.4 Å². The number of ether oxygens (including phenoxy) is 1. The molecule has 1 aliphatic carbocycles. The Hall–Kier alpha value is -2.05. The van der Waals surface area contributed by atoms with E-state index in [2.05, 4.69) is 29.0 Å². The predicted octanol–water partition coefficient (Wildman–Crippen LogP) is 3.25. The van der Waals surface area contributed by atoms with E-state index in [1.807, 2.05) is 13.8 Å². The Balaban J connectivity index is 2.60. The molecule has 0 aliphatic heterocycles. The largest absolute Gasteiger partial charge is 0.444 e. The Kier molecular flexibility index (Phi) is 8.98. The molecule has 1 rings (SSSR count). The second-order valence-electron chi connectivity index (χ2n) is 8.87. The maximum Gasteiger partial charge on any atom is 0.408 e. The van der Waals surface area contributed by atoms with Crippen LogP contribution in [0.15, 0.2) is 11.8 Å². The summed E-state index contributed by atoms with van der Waals surface area (Å²) in [5.74, 6) is -0.139. The van der Waals surface area contributed by atoms with Gasteiger partial charge in [0.1, 0.15) is 17.7 Å². The maximum atomic E-state index is 12.6. The SMILES string of the molecule is CC[C@H]1CC=C(NC(=O)[C@H](C)NC(=O)[C@@H](NC(=O)OC(C)(C)C)C(C)C)CC1. The number of allylic oxidation sites excluding steroid dienone is 2. The zero-order chi connectivity index (χ0) is 21.5. The lowest BCUT2D eigenvalue weighted by atomic mass is 9.90. The lowest BCUT2D eigenvalue weighted by Gasteiger charge is -2.26. The van der Waals surface area contributed by atoms with Crippen molar-refractivity contribution in [3.05, 3.63) is 11.8 Å². The third-order valence-corrected chi connectivity index (χ3v) is 4.75. The molecule has 7 nitrogen and oxygen atoms in total. The zero-order valence-electron chi connectivity index (χ0n) is 18.3. The summed E-state index contributed by atoms with van der Waals surface area (Å²) in [4.78, 5) is 37.0. The summed E-state index contributed by atoms with van der Waals surface area (Å²) in [7, 11) is 0. The standard InChI is InChI=1S/C21H37N3O4/c1-8-15-9-11-16(12-10-15)23-18(25)14(4)22-19(26)17(13(2)3)24-20(27)28-21(5,6)7/h11,13-15,17H,8-10,12H2,1-7H3,(H,22,26)(H,23,25)(H,24,27)/t14-,15-,17-/m0/s1. The minimum Gasteiger partial charge on any atom is -0.444 e. The molecule has 0 saturated heterocycles. The van der Waals surface area contributed by atoms with Crippen LogP contribution in [0.25, 0.3) is 0 Å². The lowest BCUT2D eigenvalue weighted by molar-refractivity contribution is -0.130. The first kappa shape index (κ1) is 24.0. The van der Waals surface area contributed by atoms with Gasteiger partial charge in [0.2, 0.25) is 11.8 Å². The summed E-state index contributed by atoms with van der Waals surface area (Å²) in [6, 6.07) is -1.50. The molecule has 0 aromatic carbocycles. The second-order valence-corrected chi connectivity index (χ2v) is 8.87. The van der Waals surface area contributed by atoms with Gasteiger partial charge in [0.15, 0.2) is 0 Å². The van der Waals surface area contributed by atoms with Crippen LogP contribution < -0.4 is 16.0 Å². The van der Waals surface area contributed by atoms with Crippen molar-refractivity contribution in [1.29, 1.82) is 0 Å². The fourth-order valence-corrected chi connectivity index (χ4v) is 2.98. The number of hydrogen-bond acceptors (Lipinski definition) is 4. The molecular formula is C21H37N3O4. The molecule has 0 heterocycles. The summed E-state index contributed by atoms with van der Waals surface area (Å²) in [6.45, 7) is 12.7. The highest BCUT2D eigenvalue weighted by Crippen LogP contribution is 2.24. The molecule has 0 fully saturated rings. The highest BCUT2D eigenvalue weighted by Gasteiger charge is 2.29. The van der Waals surface area contributed by atoms with Crippen molar-refractivity contribution < 1.29 is 19.1 Å². The van der Waals surface area contributed by atoms with Crippen LogP contribution in [0.3, 0.4) is 0 Å². The Bertz CT molecular complexity index is 593. The first-order valence-corrected chi connectivity index (χ1v) is 10.2. The Morgan fingerprint density at radius 2 is 1.79 bits per heavy atom. The Labute approximate surface area is 169 Å². The molecule has 7 heteroatoms. The molecule has 0 saturated carbocycles. The smallest absolute Gasteiger partial charge is 0.408 e. The number of nitrogens with one attached hydrogen (secondary N) is 3. The van der Waals surface area contributed by atoms with Gasteiger partial charge in [-0.3, -0.25) is 9.59 Å². The quantitative estimate of drug-likeness (QED) is 0.616. The molecule has 3 N–H and O–H groups in total. The van der Waals surface area contributed by atoms with Crippen molar-refractivity contribution in [2.24, 2.45) is 11.8 Å². The molecule has 0 bridgehead atoms. The Morgan fingerprint density at radius 1 is 1.14 bits per heavy atom. The van der Waals surface area contributed by atoms with E-state index in [9.17, 15) is 14.4 Å². The van der Waals surface area contributed by atoms with Crippen LogP contribution in [0.1, 0.15) is 74.1 Å². The molecule has 0 spiro atoms. The molecule has 28 heavy (non-hydrogen) atoms. The predicted molar refractivity (Wildman–Crippen MR) is 109 cm³/mol. The van der Waals surface area contributed by atoms with Gasteiger partial charge in [-0.1, -0.05) is 33.3 Å². The van der Waals surface area contributed by atoms with Crippen molar-refractivity contribution in [3.8, 4) is 0 Å². The monoisotopic (exact) mass is 395 g/mol. The van der Waals surface area contributed by atoms with Gasteiger partial charge in [-0.15, -0.1) is 0 Å². The number of hydrogen-bond donors (Lipinski definition) is 3. The van der Waals surface area contributed by atoms with E-state index in [0.29, 0.717) is 5.92 Å². The van der Waals surface area contributed by atoms with E-state index in [1.54, 1.807) is 27.7 Å². The summed E-state index contributed by atoms with van der Waals surface area (Å²) in [5.41, 5.74) is 0.267. The van der Waals surface area contributed by atoms with Gasteiger partial charge in [-0.25, -0.2) is 4.79 Å². The second kappa shape index (κ2) is 10.5. The van der Waals surface area contributed by atoms with Crippen molar-refractivity contribution in [1.82, 2.24) is 16.0 Å². The van der Waals surface area contributed by atoms with E-state index in [4.69, 9.17) is 4.74 Å². The molecule has 0 unspecified atom stereocenters. The van der Waals surface area contributed by atoms with Crippen LogP contribution in [-0.2, 0) is 14.3 Å². The van der Waals surface area contributed by atoms with Crippen LogP contribution in [0.4, 0.5) is 4.79 Å². The number of rotatable bonds is 7. The highest BCUT2D eigenvalue weighted by molar-refractivity contribution is 5.91. The number of carbonyl (C=O) groups is 3. The van der Waals surface area contributed by atoms with Gasteiger partial charge in [-0.05, 0) is 58.8 Å². The molecule has 0 aromatic rings. The molecule has 3 atom stereocenters. The number of amides is 3. The fourth-order valence-electron chi connectivity index (χ4n) is 2.98. The van der Waals surface area contributed by atoms with E-state index in [-0.39, 0.29) is 11.8 Å². The van der Waals surface area contributed by atoms with Gasteiger partial charge in [0.25, 0.3) is 0 Å². The summed E-state index contributed by atoms with van der Waals surface area (Å²) in [5, 5.41) is 8.19. The molecule has 3 amide bonds. The summed E-state index contributed by atoms with van der Waals surface area (Å²) < 4.78 is 5.22. The average molecular weight is 396 g/mol. The van der Waals surface area contributed by atoms with Crippen LogP contribution in [0.2, 0.25) is 0 Å². The van der Waals surface area contributed by atoms with Gasteiger partial charge in [-0.2, -0.15) is 0 Å². The minimum atomic E-state index is -0.788. The molecule has 0 aromatic heterocycles. The molecule has 1 aliphatic rings. The number of carbonyl (C=O) groups excluding carboxylic acids is 3. The third-order valence-electron chi connectivity index (χ3n) is 4.75. The highest BCUT2D eigenvalue weighted by atomic mass is 16.6. The maximum absolute atomic E-state index is 12.6. The van der Waals surface area contributed by atoms with Crippen molar-refractivity contribution >= 4 is 17.9 Å². The lowest BCUT2D eigenvalue weighted by Crippen LogP contribution is -2.55. The van der Waals surface area contributed by atoms with Crippen LogP contribution in [-0.4, -0.2) is 35.6 Å². The van der Waals surface area contributed by atoms with Gasteiger partial charge >= 0.3 is 6.09 Å². The molecule has 160 valence electrons. The van der Waals surface area contributed by atoms with Crippen molar-refractivity contribution in [2.45, 2.75) is 91.8 Å². The van der Waals surface area contributed by atoms with E-state index < -0.39 is 29.7 Å². The van der Waals surface area contributed by atoms with E-state index in [1.165, 1.54) is 0 Å². The van der Waals surface area contributed by atoms with Crippen molar-refractivity contribution in [2.75, 3.05) is 0 Å². The molecule has 0 radical (unpaired) electrons. The topological polar surface area (TPSA) is 96.5 Å². The van der Waals surface area contributed by atoms with Crippen LogP contribution in [0, 0.1) is 11.8 Å². The summed E-state index contributed by atoms with van der Waals surface area (Å²) >= 11 is 0. The Morgan fingerprint density at radius 3 is 2.25 bits per heavy atom. The summed E-state index contributed by atoms with van der Waals surface area (Å²) in [6.07, 6.45) is 5.45. The average Bonchev–Trinajstić information content (AvgIpc) is 2.58. The van der Waals surface area contributed by atoms with Gasteiger partial charge < -0.3 is 20.7 Å². The van der Waals surface area contributed by atoms with Crippen LogP contribution >= 0.6 is 0 Å². The minimum absolute atomic E-state index is 0.158. The van der Waals surface area contributed by atoms with Gasteiger partial charge in [0.05, 0.1) is 0 Å². The van der Waals surface area contributed by atoms with Crippen LogP contribution in [0.5, 0.6) is 0 Å². The first-order valence-electron chi connectivity index (χ1n) is 10.2. The number of alkyl carbamates (subject to hydrolysis) is 1. The third kappa shape index (κ3) is 8.31. The fraction of sp³-hybridized carbons (Fsp3) is 0.762.